The van der Waals surface area contributed by atoms with Crippen LogP contribution in [0.2, 0.25) is 0 Å². The van der Waals surface area contributed by atoms with Gasteiger partial charge in [0.05, 0.1) is 19.3 Å². The van der Waals surface area contributed by atoms with Crippen LogP contribution in [-0.2, 0) is 20.7 Å². The average molecular weight is 279 g/mol. The molecule has 1 aromatic carbocycles. The molecule has 0 saturated heterocycles. The number of hydrogen-bond acceptors (Lipinski definition) is 5. The van der Waals surface area contributed by atoms with Crippen molar-refractivity contribution in [3.63, 3.8) is 0 Å². The third kappa shape index (κ3) is 3.11. The van der Waals surface area contributed by atoms with Crippen LogP contribution in [0.4, 0.5) is 0 Å². The fourth-order valence-corrected chi connectivity index (χ4v) is 2.51. The fraction of sp³-hybridized carbons (Fsp3) is 0.533. The average Bonchev–Trinajstić information content (AvgIpc) is 2.74. The van der Waals surface area contributed by atoms with E-state index in [0.29, 0.717) is 19.6 Å². The molecule has 0 spiro atoms. The number of nitrogens with two attached hydrogens (primary N) is 1. The maximum Gasteiger partial charge on any atom is 0.332 e. The van der Waals surface area contributed by atoms with Gasteiger partial charge in [0.2, 0.25) is 0 Å². The fourth-order valence-electron chi connectivity index (χ4n) is 2.51. The van der Waals surface area contributed by atoms with Crippen LogP contribution in [0.5, 0.6) is 5.75 Å². The van der Waals surface area contributed by atoms with Crippen LogP contribution in [0.15, 0.2) is 18.2 Å². The molecule has 0 radical (unpaired) electrons. The highest BCUT2D eigenvalue weighted by molar-refractivity contribution is 5.70. The molecular weight excluding hydrogens is 258 g/mol. The number of rotatable bonds is 6. The molecule has 20 heavy (non-hydrogen) atoms. The predicted octanol–water partition coefficient (Wildman–Crippen LogP) is 1.59. The number of fused-ring (bicyclic) bond motifs is 1. The molecule has 110 valence electrons. The summed E-state index contributed by atoms with van der Waals surface area (Å²) >= 11 is 0. The van der Waals surface area contributed by atoms with E-state index in [1.165, 1.54) is 0 Å². The van der Waals surface area contributed by atoms with Crippen LogP contribution in [0.3, 0.4) is 0 Å². The van der Waals surface area contributed by atoms with Crippen LogP contribution >= 0.6 is 0 Å². The van der Waals surface area contributed by atoms with Crippen molar-refractivity contribution in [3.05, 3.63) is 29.3 Å². The van der Waals surface area contributed by atoms with E-state index < -0.39 is 0 Å². The first-order valence-electron chi connectivity index (χ1n) is 6.94. The summed E-state index contributed by atoms with van der Waals surface area (Å²) in [6.45, 7) is 4.60. The molecule has 5 nitrogen and oxygen atoms in total. The van der Waals surface area contributed by atoms with Gasteiger partial charge in [0.15, 0.2) is 0 Å². The van der Waals surface area contributed by atoms with E-state index in [1.807, 2.05) is 25.1 Å². The van der Waals surface area contributed by atoms with Crippen molar-refractivity contribution >= 4 is 5.97 Å². The topological polar surface area (TPSA) is 70.8 Å². The van der Waals surface area contributed by atoms with Crippen molar-refractivity contribution in [1.82, 2.24) is 0 Å². The Balaban J connectivity index is 2.10. The quantitative estimate of drug-likeness (QED) is 0.801. The lowest BCUT2D eigenvalue weighted by atomic mass is 10.1. The molecule has 0 bridgehead atoms. The van der Waals surface area contributed by atoms with Gasteiger partial charge in [0, 0.05) is 11.6 Å². The highest BCUT2D eigenvalue weighted by Gasteiger charge is 2.33. The summed E-state index contributed by atoms with van der Waals surface area (Å²) in [7, 11) is 0. The van der Waals surface area contributed by atoms with Crippen LogP contribution in [0.1, 0.15) is 31.1 Å². The summed E-state index contributed by atoms with van der Waals surface area (Å²) in [6, 6.07) is 5.66. The summed E-state index contributed by atoms with van der Waals surface area (Å²) in [5.74, 6) is 0.483. The lowest BCUT2D eigenvalue weighted by Crippen LogP contribution is -2.28. The molecule has 0 aromatic heterocycles. The van der Waals surface area contributed by atoms with Gasteiger partial charge in [-0.15, -0.1) is 0 Å². The Kier molecular flexibility index (Phi) is 4.98. The van der Waals surface area contributed by atoms with Gasteiger partial charge < -0.3 is 19.9 Å². The molecule has 2 atom stereocenters. The minimum Gasteiger partial charge on any atom is -0.494 e. The highest BCUT2D eigenvalue weighted by Crippen LogP contribution is 2.38. The van der Waals surface area contributed by atoms with Gasteiger partial charge in [0.25, 0.3) is 0 Å². The number of hydrogen-bond donors (Lipinski definition) is 1. The Morgan fingerprint density at radius 2 is 2.15 bits per heavy atom. The molecule has 1 aromatic rings. The van der Waals surface area contributed by atoms with Gasteiger partial charge in [-0.05, 0) is 31.9 Å². The van der Waals surface area contributed by atoms with E-state index in [9.17, 15) is 4.79 Å². The Morgan fingerprint density at radius 1 is 1.35 bits per heavy atom. The smallest absolute Gasteiger partial charge is 0.332 e. The van der Waals surface area contributed by atoms with Crippen LogP contribution in [-0.4, -0.2) is 31.8 Å². The largest absolute Gasteiger partial charge is 0.494 e. The van der Waals surface area contributed by atoms with Crippen LogP contribution < -0.4 is 10.5 Å². The molecule has 1 aliphatic rings. The summed E-state index contributed by atoms with van der Waals surface area (Å²) in [5.41, 5.74) is 8.21. The van der Waals surface area contributed by atoms with Crippen LogP contribution in [0, 0.1) is 0 Å². The van der Waals surface area contributed by atoms with E-state index in [2.05, 4.69) is 0 Å². The summed E-state index contributed by atoms with van der Waals surface area (Å²) in [5, 5.41) is 0. The van der Waals surface area contributed by atoms with Gasteiger partial charge >= 0.3 is 5.97 Å². The van der Waals surface area contributed by atoms with Crippen molar-refractivity contribution < 1.29 is 19.0 Å². The maximum absolute atomic E-state index is 11.4. The molecule has 5 heteroatoms. The number of ether oxygens (including phenoxy) is 3. The Labute approximate surface area is 119 Å². The predicted molar refractivity (Wildman–Crippen MR) is 74.6 cm³/mol. The molecule has 0 saturated carbocycles. The second kappa shape index (κ2) is 6.72. The second-order valence-corrected chi connectivity index (χ2v) is 4.66. The molecule has 0 heterocycles. The van der Waals surface area contributed by atoms with Crippen molar-refractivity contribution in [2.24, 2.45) is 5.73 Å². The highest BCUT2D eigenvalue weighted by atomic mass is 16.6. The molecular formula is C15H21NO4. The molecule has 1 aliphatic carbocycles. The zero-order valence-corrected chi connectivity index (χ0v) is 11.9. The minimum atomic E-state index is -0.367. The Morgan fingerprint density at radius 3 is 2.85 bits per heavy atom. The third-order valence-corrected chi connectivity index (χ3v) is 3.29. The monoisotopic (exact) mass is 279 g/mol. The molecule has 0 aliphatic heterocycles. The van der Waals surface area contributed by atoms with Gasteiger partial charge in [-0.2, -0.15) is 0 Å². The normalized spacial score (nSPS) is 20.6. The SMILES string of the molecule is CCOC(=O)COC1c2cccc(OCC)c2CC1N. The van der Waals surface area contributed by atoms with Gasteiger partial charge in [0.1, 0.15) is 12.4 Å². The van der Waals surface area contributed by atoms with Crippen molar-refractivity contribution in [2.45, 2.75) is 32.4 Å². The van der Waals surface area contributed by atoms with Gasteiger partial charge in [-0.3, -0.25) is 0 Å². The summed E-state index contributed by atoms with van der Waals surface area (Å²) in [6.07, 6.45) is 0.411. The van der Waals surface area contributed by atoms with E-state index in [-0.39, 0.29) is 24.7 Å². The molecule has 2 N–H and O–H groups in total. The first kappa shape index (κ1) is 14.8. The Hall–Kier alpha value is -1.59. The molecule has 0 amide bonds. The van der Waals surface area contributed by atoms with Crippen LogP contribution in [0.25, 0.3) is 0 Å². The lowest BCUT2D eigenvalue weighted by Gasteiger charge is -2.17. The summed E-state index contributed by atoms with van der Waals surface area (Å²) in [4.78, 5) is 11.4. The van der Waals surface area contributed by atoms with E-state index in [4.69, 9.17) is 19.9 Å². The number of benzene rings is 1. The number of esters is 1. The number of carbonyl (C=O) groups is 1. The molecule has 2 unspecified atom stereocenters. The van der Waals surface area contributed by atoms with Gasteiger partial charge in [-0.1, -0.05) is 12.1 Å². The lowest BCUT2D eigenvalue weighted by molar-refractivity contribution is -0.150. The maximum atomic E-state index is 11.4. The first-order valence-corrected chi connectivity index (χ1v) is 6.94. The second-order valence-electron chi connectivity index (χ2n) is 4.66. The minimum absolute atomic E-state index is 0.0789. The zero-order chi connectivity index (χ0) is 14.5. The standard InChI is InChI=1S/C15H21NO4/c1-3-18-13-7-5-6-10-11(13)8-12(16)15(10)20-9-14(17)19-4-2/h5-7,12,15H,3-4,8-9,16H2,1-2H3. The Bertz CT molecular complexity index is 475. The summed E-state index contributed by atoms with van der Waals surface area (Å²) < 4.78 is 16.1. The van der Waals surface area contributed by atoms with E-state index in [1.54, 1.807) is 6.92 Å². The van der Waals surface area contributed by atoms with E-state index >= 15 is 0 Å². The van der Waals surface area contributed by atoms with Crippen molar-refractivity contribution in [3.8, 4) is 5.75 Å². The molecule has 0 fully saturated rings. The van der Waals surface area contributed by atoms with Crippen molar-refractivity contribution in [2.75, 3.05) is 19.8 Å². The molecule has 2 rings (SSSR count). The van der Waals surface area contributed by atoms with E-state index in [0.717, 1.165) is 16.9 Å². The van der Waals surface area contributed by atoms with Gasteiger partial charge in [-0.25, -0.2) is 4.79 Å². The third-order valence-electron chi connectivity index (χ3n) is 3.29. The zero-order valence-electron chi connectivity index (χ0n) is 11.9. The first-order chi connectivity index (χ1) is 9.67. The number of carbonyl (C=O) groups excluding carboxylic acids is 1. The van der Waals surface area contributed by atoms with Crippen molar-refractivity contribution in [1.29, 1.82) is 0 Å².